The maximum Gasteiger partial charge on any atom is 0.233 e. The van der Waals surface area contributed by atoms with Crippen molar-refractivity contribution in [3.63, 3.8) is 0 Å². The van der Waals surface area contributed by atoms with Crippen LogP contribution in [-0.4, -0.2) is 52.1 Å². The minimum Gasteiger partial charge on any atom is -0.258 e. The molecule has 0 fully saturated rings. The van der Waals surface area contributed by atoms with Gasteiger partial charge in [0.05, 0.1) is 12.5 Å². The van der Waals surface area contributed by atoms with Crippen molar-refractivity contribution >= 4 is 26.1 Å². The summed E-state index contributed by atoms with van der Waals surface area (Å²) in [5, 5.41) is 0. The quantitative estimate of drug-likeness (QED) is 0.803. The molecular formula is C12H18N2O4S2. The van der Waals surface area contributed by atoms with Crippen molar-refractivity contribution in [1.29, 1.82) is 0 Å². The molecule has 0 aliphatic heterocycles. The van der Waals surface area contributed by atoms with Crippen molar-refractivity contribution in [2.75, 3.05) is 26.6 Å². The minimum atomic E-state index is -3.57. The fourth-order valence-electron chi connectivity index (χ4n) is 1.42. The monoisotopic (exact) mass is 318 g/mol. The van der Waals surface area contributed by atoms with Gasteiger partial charge in [-0.2, -0.15) is 0 Å². The fraction of sp³-hybridized carbons (Fsp3) is 0.333. The number of rotatable bonds is 5. The van der Waals surface area contributed by atoms with Gasteiger partial charge in [-0.1, -0.05) is 30.3 Å². The van der Waals surface area contributed by atoms with Gasteiger partial charge in [-0.05, 0) is 11.6 Å². The smallest absolute Gasteiger partial charge is 0.233 e. The maximum absolute atomic E-state index is 11.7. The highest BCUT2D eigenvalue weighted by Gasteiger charge is 2.23. The van der Waals surface area contributed by atoms with Crippen molar-refractivity contribution < 1.29 is 16.8 Å². The summed E-state index contributed by atoms with van der Waals surface area (Å²) in [5.74, 6) is 0.0567. The Morgan fingerprint density at radius 3 is 1.65 bits per heavy atom. The molecule has 0 bridgehead atoms. The van der Waals surface area contributed by atoms with Crippen LogP contribution in [0.1, 0.15) is 5.56 Å². The summed E-state index contributed by atoms with van der Waals surface area (Å²) in [6, 6.07) is 8.89. The van der Waals surface area contributed by atoms with Crippen LogP contribution in [0.3, 0.4) is 0 Å². The van der Waals surface area contributed by atoms with Gasteiger partial charge in [0.15, 0.2) is 0 Å². The van der Waals surface area contributed by atoms with Gasteiger partial charge in [0.25, 0.3) is 0 Å². The molecule has 1 aromatic carbocycles. The van der Waals surface area contributed by atoms with Crippen molar-refractivity contribution in [2.24, 2.45) is 0 Å². The van der Waals surface area contributed by atoms with Gasteiger partial charge in [0.1, 0.15) is 5.82 Å². The lowest BCUT2D eigenvalue weighted by atomic mass is 10.2. The molecule has 0 atom stereocenters. The third-order valence-electron chi connectivity index (χ3n) is 2.74. The molecule has 0 N–H and O–H groups in total. The second kappa shape index (κ2) is 5.84. The predicted octanol–water partition coefficient (Wildman–Crippen LogP) is 0.768. The summed E-state index contributed by atoms with van der Waals surface area (Å²) in [6.45, 7) is 0. The summed E-state index contributed by atoms with van der Waals surface area (Å²) >= 11 is 0. The average Bonchev–Trinajstić information content (AvgIpc) is 2.33. The zero-order valence-electron chi connectivity index (χ0n) is 11.8. The third kappa shape index (κ3) is 4.24. The van der Waals surface area contributed by atoms with E-state index in [1.165, 1.54) is 20.2 Å². The highest BCUT2D eigenvalue weighted by atomic mass is 32.2. The van der Waals surface area contributed by atoms with Gasteiger partial charge in [-0.15, -0.1) is 0 Å². The molecule has 0 aliphatic rings. The zero-order valence-corrected chi connectivity index (χ0v) is 13.4. The van der Waals surface area contributed by atoms with E-state index in [9.17, 15) is 16.8 Å². The van der Waals surface area contributed by atoms with Crippen molar-refractivity contribution in [3.8, 4) is 0 Å². The third-order valence-corrected chi connectivity index (χ3v) is 5.10. The Hall–Kier alpha value is -1.54. The lowest BCUT2D eigenvalue weighted by molar-refractivity contribution is 0.442. The number of nitrogens with zero attached hydrogens (tertiary/aromatic N) is 2. The molecule has 0 aliphatic carbocycles. The molecule has 0 saturated heterocycles. The van der Waals surface area contributed by atoms with E-state index in [1.807, 2.05) is 6.07 Å². The molecule has 0 heterocycles. The van der Waals surface area contributed by atoms with Gasteiger partial charge >= 0.3 is 0 Å². The molecule has 0 radical (unpaired) electrons. The molecule has 1 aromatic rings. The lowest BCUT2D eigenvalue weighted by Crippen LogP contribution is -2.36. The van der Waals surface area contributed by atoms with Crippen LogP contribution in [-0.2, 0) is 20.0 Å². The summed E-state index contributed by atoms with van der Waals surface area (Å²) in [7, 11) is -4.51. The Morgan fingerprint density at radius 1 is 0.900 bits per heavy atom. The van der Waals surface area contributed by atoms with Crippen LogP contribution in [0.2, 0.25) is 0 Å². The number of hydrogen-bond acceptors (Lipinski definition) is 4. The molecular weight excluding hydrogens is 300 g/mol. The second-order valence-corrected chi connectivity index (χ2v) is 8.40. The molecule has 0 saturated carbocycles. The first-order chi connectivity index (χ1) is 9.03. The highest BCUT2D eigenvalue weighted by Crippen LogP contribution is 2.17. The standard InChI is InChI=1S/C12H18N2O4S2/c1-13(19(3,15)16)12(14(2)20(4,17)18)10-11-8-6-5-7-9-11/h5-10H,1-4H3. The Morgan fingerprint density at radius 2 is 1.30 bits per heavy atom. The zero-order chi connectivity index (χ0) is 15.6. The lowest BCUT2D eigenvalue weighted by Gasteiger charge is -2.27. The van der Waals surface area contributed by atoms with E-state index in [2.05, 4.69) is 0 Å². The van der Waals surface area contributed by atoms with Crippen LogP contribution < -0.4 is 0 Å². The molecule has 0 spiro atoms. The van der Waals surface area contributed by atoms with E-state index < -0.39 is 20.0 Å². The molecule has 0 aromatic heterocycles. The van der Waals surface area contributed by atoms with Crippen LogP contribution in [0, 0.1) is 0 Å². The van der Waals surface area contributed by atoms with Crippen LogP contribution >= 0.6 is 0 Å². The second-order valence-electron chi connectivity index (χ2n) is 4.37. The first-order valence-corrected chi connectivity index (χ1v) is 9.37. The SMILES string of the molecule is CN(C(=Cc1ccccc1)N(C)S(C)(=O)=O)S(C)(=O)=O. The number of hydrogen-bond donors (Lipinski definition) is 0. The molecule has 112 valence electrons. The van der Waals surface area contributed by atoms with Crippen molar-refractivity contribution in [3.05, 3.63) is 41.7 Å². The van der Waals surface area contributed by atoms with Gasteiger partial charge < -0.3 is 0 Å². The normalized spacial score (nSPS) is 11.8. The molecule has 0 amide bonds. The van der Waals surface area contributed by atoms with Crippen LogP contribution in [0.5, 0.6) is 0 Å². The summed E-state index contributed by atoms with van der Waals surface area (Å²) in [5.41, 5.74) is 0.702. The molecule has 6 nitrogen and oxygen atoms in total. The topological polar surface area (TPSA) is 74.8 Å². The maximum atomic E-state index is 11.7. The average molecular weight is 318 g/mol. The largest absolute Gasteiger partial charge is 0.258 e. The van der Waals surface area contributed by atoms with Crippen LogP contribution in [0.15, 0.2) is 36.2 Å². The number of benzene rings is 1. The van der Waals surface area contributed by atoms with E-state index in [0.717, 1.165) is 21.1 Å². The Balaban J connectivity index is 3.40. The minimum absolute atomic E-state index is 0.0567. The van der Waals surface area contributed by atoms with E-state index >= 15 is 0 Å². The Kier molecular flexibility index (Phi) is 4.82. The molecule has 1 rings (SSSR count). The molecule has 0 unspecified atom stereocenters. The van der Waals surface area contributed by atoms with Gasteiger partial charge in [-0.25, -0.2) is 16.8 Å². The summed E-state index contributed by atoms with van der Waals surface area (Å²) in [6.07, 6.45) is 3.53. The molecule has 8 heteroatoms. The van der Waals surface area contributed by atoms with E-state index in [-0.39, 0.29) is 5.82 Å². The van der Waals surface area contributed by atoms with Crippen LogP contribution in [0.4, 0.5) is 0 Å². The van der Waals surface area contributed by atoms with Gasteiger partial charge in [0.2, 0.25) is 20.0 Å². The Labute approximate surface area is 120 Å². The number of sulfonamides is 2. The van der Waals surface area contributed by atoms with E-state index in [0.29, 0.717) is 5.56 Å². The highest BCUT2D eigenvalue weighted by molar-refractivity contribution is 7.89. The van der Waals surface area contributed by atoms with E-state index in [1.54, 1.807) is 24.3 Å². The summed E-state index contributed by atoms with van der Waals surface area (Å²) in [4.78, 5) is 0. The van der Waals surface area contributed by atoms with Gasteiger partial charge in [0, 0.05) is 14.1 Å². The first-order valence-electron chi connectivity index (χ1n) is 5.68. The van der Waals surface area contributed by atoms with Gasteiger partial charge in [-0.3, -0.25) is 8.61 Å². The summed E-state index contributed by atoms with van der Waals surface area (Å²) < 4.78 is 48.5. The fourth-order valence-corrected chi connectivity index (χ4v) is 2.50. The first kappa shape index (κ1) is 16.5. The predicted molar refractivity (Wildman–Crippen MR) is 79.6 cm³/mol. The van der Waals surface area contributed by atoms with Crippen molar-refractivity contribution in [2.45, 2.75) is 0 Å². The molecule has 20 heavy (non-hydrogen) atoms. The van der Waals surface area contributed by atoms with Crippen molar-refractivity contribution in [1.82, 2.24) is 8.61 Å². The Bertz CT molecular complexity index is 654. The van der Waals surface area contributed by atoms with E-state index in [4.69, 9.17) is 0 Å². The van der Waals surface area contributed by atoms with Crippen LogP contribution in [0.25, 0.3) is 6.08 Å².